The maximum atomic E-state index is 12.0. The lowest BCUT2D eigenvalue weighted by Gasteiger charge is -2.28. The van der Waals surface area contributed by atoms with Gasteiger partial charge in [0, 0.05) is 19.3 Å². The first-order chi connectivity index (χ1) is 15.5. The zero-order valence-corrected chi connectivity index (χ0v) is 19.3. The highest BCUT2D eigenvalue weighted by atomic mass is 16.7. The van der Waals surface area contributed by atoms with Gasteiger partial charge in [-0.1, -0.05) is 25.8 Å². The minimum atomic E-state index is -1.80. The normalized spacial score (nSPS) is 13.2. The minimum absolute atomic E-state index is 0.150. The molecule has 2 atom stereocenters. The summed E-state index contributed by atoms with van der Waals surface area (Å²) in [6, 6.07) is 4.04. The topological polar surface area (TPSA) is 161 Å². The number of nitrogens with two attached hydrogens (primary N) is 1. The van der Waals surface area contributed by atoms with Gasteiger partial charge in [0.2, 0.25) is 0 Å². The van der Waals surface area contributed by atoms with Crippen molar-refractivity contribution in [2.75, 3.05) is 14.2 Å². The van der Waals surface area contributed by atoms with Crippen LogP contribution < -0.4 is 15.2 Å². The van der Waals surface area contributed by atoms with Crippen molar-refractivity contribution in [3.8, 4) is 11.5 Å². The quantitative estimate of drug-likeness (QED) is 0.200. The average Bonchev–Trinajstić information content (AvgIpc) is 2.75. The molecule has 0 bridgehead atoms. The Morgan fingerprint density at radius 2 is 1.64 bits per heavy atom. The Kier molecular flexibility index (Phi) is 11.1. The number of ether oxygens (including phenoxy) is 5. The number of unbranched alkanes of at least 4 members (excludes halogenated alkanes) is 2. The Bertz CT molecular complexity index is 840. The Hall–Kier alpha value is -3.34. The SMILES string of the molecule is CCCCCC(=O)O[C@@H](C)CC(N)(Cc1ccc(OC(=O)OC)c(OC(=O)OC)c1)C(=O)O. The standard InChI is InChI=1S/C22H31NO10/c1-5-6-7-8-18(24)31-14(2)12-22(23,19(25)26)13-15-9-10-16(32-20(27)29-3)17(11-15)33-21(28)30-4/h9-11,14H,5-8,12-13,23H2,1-4H3,(H,25,26)/t14-,22?/m0/s1. The van der Waals surface area contributed by atoms with Crippen molar-refractivity contribution in [2.45, 2.75) is 64.0 Å². The van der Waals surface area contributed by atoms with Gasteiger partial charge in [0.1, 0.15) is 11.6 Å². The summed E-state index contributed by atoms with van der Waals surface area (Å²) in [7, 11) is 2.19. The fraction of sp³-hybridized carbons (Fsp3) is 0.545. The third-order valence-electron chi connectivity index (χ3n) is 4.64. The van der Waals surface area contributed by atoms with Gasteiger partial charge in [0.05, 0.1) is 14.2 Å². The highest BCUT2D eigenvalue weighted by Gasteiger charge is 2.37. The Morgan fingerprint density at radius 3 is 2.18 bits per heavy atom. The second-order valence-electron chi connectivity index (χ2n) is 7.49. The predicted octanol–water partition coefficient (Wildman–Crippen LogP) is 3.20. The molecule has 11 heteroatoms. The number of methoxy groups -OCH3 is 2. The van der Waals surface area contributed by atoms with Crippen LogP contribution in [0.4, 0.5) is 9.59 Å². The molecule has 0 fully saturated rings. The van der Waals surface area contributed by atoms with Crippen LogP contribution in [0.25, 0.3) is 0 Å². The van der Waals surface area contributed by atoms with Crippen molar-refractivity contribution in [1.82, 2.24) is 0 Å². The summed E-state index contributed by atoms with van der Waals surface area (Å²) < 4.78 is 24.1. The predicted molar refractivity (Wildman–Crippen MR) is 115 cm³/mol. The summed E-state index contributed by atoms with van der Waals surface area (Å²) in [6.45, 7) is 3.58. The third kappa shape index (κ3) is 9.36. The van der Waals surface area contributed by atoms with Crippen molar-refractivity contribution in [2.24, 2.45) is 5.73 Å². The molecule has 0 amide bonds. The summed E-state index contributed by atoms with van der Waals surface area (Å²) >= 11 is 0. The van der Waals surface area contributed by atoms with E-state index in [2.05, 4.69) is 9.47 Å². The van der Waals surface area contributed by atoms with E-state index in [1.54, 1.807) is 6.92 Å². The summed E-state index contributed by atoms with van der Waals surface area (Å²) in [5.74, 6) is -2.07. The van der Waals surface area contributed by atoms with E-state index in [-0.39, 0.29) is 30.8 Å². The maximum absolute atomic E-state index is 12.0. The first kappa shape index (κ1) is 27.7. The number of carbonyl (C=O) groups excluding carboxylic acids is 3. The van der Waals surface area contributed by atoms with Crippen molar-refractivity contribution in [1.29, 1.82) is 0 Å². The lowest BCUT2D eigenvalue weighted by Crippen LogP contribution is -2.52. The van der Waals surface area contributed by atoms with Crippen LogP contribution in [0.15, 0.2) is 18.2 Å². The molecule has 0 heterocycles. The van der Waals surface area contributed by atoms with E-state index < -0.39 is 35.9 Å². The van der Waals surface area contributed by atoms with E-state index in [9.17, 15) is 24.3 Å². The van der Waals surface area contributed by atoms with Gasteiger partial charge in [-0.2, -0.15) is 0 Å². The van der Waals surface area contributed by atoms with Crippen molar-refractivity contribution < 1.29 is 48.0 Å². The van der Waals surface area contributed by atoms with Gasteiger partial charge in [-0.15, -0.1) is 0 Å². The van der Waals surface area contributed by atoms with Crippen LogP contribution in [0.2, 0.25) is 0 Å². The number of rotatable bonds is 12. The van der Waals surface area contributed by atoms with Crippen LogP contribution in [0, 0.1) is 0 Å². The van der Waals surface area contributed by atoms with Gasteiger partial charge in [-0.05, 0) is 31.0 Å². The van der Waals surface area contributed by atoms with Gasteiger partial charge < -0.3 is 34.5 Å². The minimum Gasteiger partial charge on any atom is -0.480 e. The van der Waals surface area contributed by atoms with E-state index in [0.29, 0.717) is 12.0 Å². The number of hydrogen-bond donors (Lipinski definition) is 2. The number of carbonyl (C=O) groups is 4. The molecule has 0 aromatic heterocycles. The molecule has 184 valence electrons. The van der Waals surface area contributed by atoms with E-state index in [0.717, 1.165) is 27.1 Å². The highest BCUT2D eigenvalue weighted by Crippen LogP contribution is 2.31. The van der Waals surface area contributed by atoms with Crippen LogP contribution in [0.5, 0.6) is 11.5 Å². The number of carboxylic acids is 1. The summed E-state index contributed by atoms with van der Waals surface area (Å²) in [5, 5.41) is 9.75. The summed E-state index contributed by atoms with van der Waals surface area (Å²) in [6.07, 6.45) is -0.437. The molecule has 1 aromatic rings. The van der Waals surface area contributed by atoms with Crippen LogP contribution >= 0.6 is 0 Å². The lowest BCUT2D eigenvalue weighted by atomic mass is 9.86. The van der Waals surface area contributed by atoms with Crippen molar-refractivity contribution in [3.63, 3.8) is 0 Å². The maximum Gasteiger partial charge on any atom is 0.513 e. The number of hydrogen-bond acceptors (Lipinski definition) is 10. The summed E-state index contributed by atoms with van der Waals surface area (Å²) in [4.78, 5) is 46.9. The Balaban J connectivity index is 3.03. The van der Waals surface area contributed by atoms with E-state index in [4.69, 9.17) is 19.9 Å². The smallest absolute Gasteiger partial charge is 0.480 e. The molecule has 0 saturated heterocycles. The highest BCUT2D eigenvalue weighted by molar-refractivity contribution is 5.79. The molecular weight excluding hydrogens is 438 g/mol. The first-order valence-corrected chi connectivity index (χ1v) is 10.4. The molecule has 0 aliphatic heterocycles. The average molecular weight is 469 g/mol. The second kappa shape index (κ2) is 13.3. The van der Waals surface area contributed by atoms with E-state index in [1.165, 1.54) is 18.2 Å². The summed E-state index contributed by atoms with van der Waals surface area (Å²) in [5.41, 5.74) is 4.72. The van der Waals surface area contributed by atoms with E-state index in [1.807, 2.05) is 6.92 Å². The molecule has 1 rings (SSSR count). The van der Waals surface area contributed by atoms with Gasteiger partial charge >= 0.3 is 24.2 Å². The zero-order valence-electron chi connectivity index (χ0n) is 19.3. The molecule has 0 aliphatic rings. The van der Waals surface area contributed by atoms with Gasteiger partial charge in [-0.25, -0.2) is 9.59 Å². The molecule has 0 saturated carbocycles. The molecule has 1 unspecified atom stereocenters. The molecule has 0 aliphatic carbocycles. The molecule has 33 heavy (non-hydrogen) atoms. The molecule has 0 spiro atoms. The van der Waals surface area contributed by atoms with Crippen LogP contribution in [-0.2, 0) is 30.2 Å². The van der Waals surface area contributed by atoms with Crippen molar-refractivity contribution >= 4 is 24.2 Å². The van der Waals surface area contributed by atoms with Crippen LogP contribution in [0.3, 0.4) is 0 Å². The second-order valence-corrected chi connectivity index (χ2v) is 7.49. The molecule has 0 radical (unpaired) electrons. The van der Waals surface area contributed by atoms with E-state index >= 15 is 0 Å². The van der Waals surface area contributed by atoms with Gasteiger partial charge in [0.25, 0.3) is 0 Å². The van der Waals surface area contributed by atoms with Crippen LogP contribution in [0.1, 0.15) is 51.5 Å². The fourth-order valence-corrected chi connectivity index (χ4v) is 3.05. The first-order valence-electron chi connectivity index (χ1n) is 10.4. The number of aliphatic carboxylic acids is 1. The number of esters is 1. The monoisotopic (exact) mass is 469 g/mol. The number of benzene rings is 1. The van der Waals surface area contributed by atoms with Crippen molar-refractivity contribution in [3.05, 3.63) is 23.8 Å². The Morgan fingerprint density at radius 1 is 1.03 bits per heavy atom. The van der Waals surface area contributed by atoms with Gasteiger partial charge in [-0.3, -0.25) is 9.59 Å². The number of carboxylic acid groups (broad SMARTS) is 1. The third-order valence-corrected chi connectivity index (χ3v) is 4.64. The zero-order chi connectivity index (χ0) is 25.0. The van der Waals surface area contributed by atoms with Gasteiger partial charge in [0.15, 0.2) is 11.5 Å². The molecular formula is C22H31NO10. The molecule has 11 nitrogen and oxygen atoms in total. The van der Waals surface area contributed by atoms with Crippen LogP contribution in [-0.4, -0.2) is 55.2 Å². The molecule has 3 N–H and O–H groups in total. The largest absolute Gasteiger partial charge is 0.513 e. The lowest BCUT2D eigenvalue weighted by molar-refractivity contribution is -0.153. The molecule has 1 aromatic carbocycles. The Labute approximate surface area is 192 Å². The fourth-order valence-electron chi connectivity index (χ4n) is 3.05.